The van der Waals surface area contributed by atoms with Crippen molar-refractivity contribution >= 4 is 34.8 Å². The number of nitrogens with one attached hydrogen (secondary N) is 1. The number of fused-ring (bicyclic) bond motifs is 1. The van der Waals surface area contributed by atoms with Crippen molar-refractivity contribution in [3.63, 3.8) is 0 Å². The zero-order valence-corrected chi connectivity index (χ0v) is 17.0. The molecule has 0 spiro atoms. The Morgan fingerprint density at radius 1 is 1.10 bits per heavy atom. The van der Waals surface area contributed by atoms with Crippen LogP contribution in [0, 0.1) is 19.8 Å². The van der Waals surface area contributed by atoms with Gasteiger partial charge in [0.15, 0.2) is 0 Å². The van der Waals surface area contributed by atoms with Crippen LogP contribution in [0.5, 0.6) is 0 Å². The number of nitrogens with zero attached hydrogens (tertiary/aromatic N) is 2. The molecule has 6 heteroatoms. The molecule has 3 amide bonds. The summed E-state index contributed by atoms with van der Waals surface area (Å²) in [6.45, 7) is 6.64. The minimum atomic E-state index is -0.385. The first kappa shape index (κ1) is 19.2. The van der Waals surface area contributed by atoms with Crippen molar-refractivity contribution in [1.29, 1.82) is 0 Å². The number of carbonyl (C=O) groups excluding carboxylic acids is 3. The third-order valence-electron chi connectivity index (χ3n) is 5.99. The molecular formula is C23H25N3O3. The highest BCUT2D eigenvalue weighted by Crippen LogP contribution is 2.32. The predicted octanol–water partition coefficient (Wildman–Crippen LogP) is 3.20. The van der Waals surface area contributed by atoms with Gasteiger partial charge in [0, 0.05) is 43.5 Å². The van der Waals surface area contributed by atoms with E-state index in [1.165, 1.54) is 0 Å². The molecule has 6 nitrogen and oxygen atoms in total. The predicted molar refractivity (Wildman–Crippen MR) is 113 cm³/mol. The highest BCUT2D eigenvalue weighted by atomic mass is 16.2. The maximum absolute atomic E-state index is 12.8. The first-order valence-corrected chi connectivity index (χ1v) is 9.93. The molecule has 1 N–H and O–H groups in total. The number of hydrogen-bond acceptors (Lipinski definition) is 3. The average Bonchev–Trinajstić information content (AvgIpc) is 3.27. The van der Waals surface area contributed by atoms with E-state index in [2.05, 4.69) is 5.32 Å². The maximum Gasteiger partial charge on any atom is 0.229 e. The molecule has 29 heavy (non-hydrogen) atoms. The molecule has 4 rings (SSSR count). The fourth-order valence-corrected chi connectivity index (χ4v) is 4.19. The largest absolute Gasteiger partial charge is 0.326 e. The summed E-state index contributed by atoms with van der Waals surface area (Å²) >= 11 is 0. The second kappa shape index (κ2) is 7.35. The maximum atomic E-state index is 12.8. The van der Waals surface area contributed by atoms with E-state index in [0.717, 1.165) is 34.5 Å². The fourth-order valence-electron chi connectivity index (χ4n) is 4.19. The number of amides is 3. The molecule has 2 aliphatic heterocycles. The van der Waals surface area contributed by atoms with Crippen molar-refractivity contribution in [1.82, 2.24) is 0 Å². The third kappa shape index (κ3) is 3.50. The van der Waals surface area contributed by atoms with E-state index in [4.69, 9.17) is 0 Å². The second-order valence-corrected chi connectivity index (χ2v) is 7.88. The zero-order valence-electron chi connectivity index (χ0n) is 17.0. The van der Waals surface area contributed by atoms with Gasteiger partial charge < -0.3 is 15.1 Å². The number of benzene rings is 2. The SMILES string of the molecule is CC(=O)N1CCc2cc(NC(=O)[C@@H]3CC(=O)N(c4cccc(C)c4C)C3)ccc21. The highest BCUT2D eigenvalue weighted by molar-refractivity contribution is 6.04. The van der Waals surface area contributed by atoms with Crippen molar-refractivity contribution in [2.24, 2.45) is 5.92 Å². The van der Waals surface area contributed by atoms with E-state index in [1.807, 2.05) is 50.2 Å². The summed E-state index contributed by atoms with van der Waals surface area (Å²) in [4.78, 5) is 40.5. The first-order valence-electron chi connectivity index (χ1n) is 9.93. The van der Waals surface area contributed by atoms with Crippen LogP contribution in [0.25, 0.3) is 0 Å². The molecule has 2 heterocycles. The van der Waals surface area contributed by atoms with Gasteiger partial charge >= 0.3 is 0 Å². The Balaban J connectivity index is 1.47. The Kier molecular flexibility index (Phi) is 4.86. The van der Waals surface area contributed by atoms with Crippen LogP contribution in [0.2, 0.25) is 0 Å². The van der Waals surface area contributed by atoms with Crippen LogP contribution in [-0.2, 0) is 20.8 Å². The monoisotopic (exact) mass is 391 g/mol. The lowest BCUT2D eigenvalue weighted by atomic mass is 10.1. The van der Waals surface area contributed by atoms with Crippen molar-refractivity contribution in [2.75, 3.05) is 28.2 Å². The summed E-state index contributed by atoms with van der Waals surface area (Å²) in [6.07, 6.45) is 0.989. The van der Waals surface area contributed by atoms with Gasteiger partial charge in [-0.25, -0.2) is 0 Å². The Morgan fingerprint density at radius 3 is 2.66 bits per heavy atom. The van der Waals surface area contributed by atoms with Crippen LogP contribution < -0.4 is 15.1 Å². The van der Waals surface area contributed by atoms with Crippen molar-refractivity contribution in [2.45, 2.75) is 33.6 Å². The van der Waals surface area contributed by atoms with Gasteiger partial charge in [-0.2, -0.15) is 0 Å². The molecule has 2 aromatic rings. The Morgan fingerprint density at radius 2 is 1.90 bits per heavy atom. The van der Waals surface area contributed by atoms with Gasteiger partial charge in [0.2, 0.25) is 17.7 Å². The van der Waals surface area contributed by atoms with Gasteiger partial charge in [0.05, 0.1) is 5.92 Å². The number of rotatable bonds is 3. The van der Waals surface area contributed by atoms with E-state index < -0.39 is 0 Å². The molecule has 1 saturated heterocycles. The van der Waals surface area contributed by atoms with Gasteiger partial charge in [-0.1, -0.05) is 12.1 Å². The van der Waals surface area contributed by atoms with Crippen molar-refractivity contribution in [3.05, 3.63) is 53.1 Å². The van der Waals surface area contributed by atoms with Crippen molar-refractivity contribution in [3.8, 4) is 0 Å². The number of hydrogen-bond donors (Lipinski definition) is 1. The Labute approximate surface area is 170 Å². The van der Waals surface area contributed by atoms with Crippen LogP contribution in [0.3, 0.4) is 0 Å². The fraction of sp³-hybridized carbons (Fsp3) is 0.348. The molecule has 1 fully saturated rings. The lowest BCUT2D eigenvalue weighted by Gasteiger charge is -2.20. The van der Waals surface area contributed by atoms with Crippen LogP contribution in [0.4, 0.5) is 17.1 Å². The summed E-state index contributed by atoms with van der Waals surface area (Å²) in [5.74, 6) is -0.529. The van der Waals surface area contributed by atoms with Gasteiger partial charge in [0.1, 0.15) is 0 Å². The van der Waals surface area contributed by atoms with Gasteiger partial charge in [-0.05, 0) is 61.2 Å². The first-order chi connectivity index (χ1) is 13.8. The smallest absolute Gasteiger partial charge is 0.229 e. The van der Waals surface area contributed by atoms with Crippen LogP contribution in [-0.4, -0.2) is 30.8 Å². The topological polar surface area (TPSA) is 69.7 Å². The summed E-state index contributed by atoms with van der Waals surface area (Å²) in [5, 5.41) is 2.95. The van der Waals surface area contributed by atoms with E-state index in [1.54, 1.807) is 16.7 Å². The molecule has 0 saturated carbocycles. The summed E-state index contributed by atoms with van der Waals surface area (Å²) in [5.41, 5.74) is 5.74. The molecule has 2 aliphatic rings. The van der Waals surface area contributed by atoms with Gasteiger partial charge in [0.25, 0.3) is 0 Å². The van der Waals surface area contributed by atoms with Crippen LogP contribution in [0.15, 0.2) is 36.4 Å². The van der Waals surface area contributed by atoms with E-state index in [0.29, 0.717) is 18.8 Å². The third-order valence-corrected chi connectivity index (χ3v) is 5.99. The molecule has 0 aromatic heterocycles. The number of aryl methyl sites for hydroxylation is 1. The van der Waals surface area contributed by atoms with Gasteiger partial charge in [-0.15, -0.1) is 0 Å². The molecule has 0 aliphatic carbocycles. The number of anilines is 3. The zero-order chi connectivity index (χ0) is 20.7. The van der Waals surface area contributed by atoms with Crippen molar-refractivity contribution < 1.29 is 14.4 Å². The van der Waals surface area contributed by atoms with E-state index in [9.17, 15) is 14.4 Å². The Hall–Kier alpha value is -3.15. The molecule has 150 valence electrons. The molecular weight excluding hydrogens is 366 g/mol. The molecule has 0 bridgehead atoms. The quantitative estimate of drug-likeness (QED) is 0.874. The average molecular weight is 391 g/mol. The van der Waals surface area contributed by atoms with Crippen LogP contribution in [0.1, 0.15) is 30.0 Å². The summed E-state index contributed by atoms with van der Waals surface area (Å²) in [6, 6.07) is 11.5. The minimum absolute atomic E-state index is 0.0232. The minimum Gasteiger partial charge on any atom is -0.326 e. The normalized spacial score (nSPS) is 18.2. The second-order valence-electron chi connectivity index (χ2n) is 7.88. The highest BCUT2D eigenvalue weighted by Gasteiger charge is 2.36. The number of carbonyl (C=O) groups is 3. The lowest BCUT2D eigenvalue weighted by molar-refractivity contribution is -0.122. The van der Waals surface area contributed by atoms with E-state index in [-0.39, 0.29) is 30.1 Å². The van der Waals surface area contributed by atoms with Crippen LogP contribution >= 0.6 is 0 Å². The molecule has 2 aromatic carbocycles. The summed E-state index contributed by atoms with van der Waals surface area (Å²) < 4.78 is 0. The molecule has 1 atom stereocenters. The standard InChI is InChI=1S/C23H25N3O3/c1-14-5-4-6-20(15(14)2)26-13-18(12-22(26)28)23(29)24-19-7-8-21-17(11-19)9-10-25(21)16(3)27/h4-8,11,18H,9-10,12-13H2,1-3H3,(H,24,29)/t18-/m1/s1. The molecule has 0 radical (unpaired) electrons. The lowest BCUT2D eigenvalue weighted by Crippen LogP contribution is -2.28. The van der Waals surface area contributed by atoms with E-state index >= 15 is 0 Å². The van der Waals surface area contributed by atoms with Gasteiger partial charge in [-0.3, -0.25) is 14.4 Å². The Bertz CT molecular complexity index is 1010. The summed E-state index contributed by atoms with van der Waals surface area (Å²) in [7, 11) is 0. The molecule has 0 unspecified atom stereocenters.